The summed E-state index contributed by atoms with van der Waals surface area (Å²) in [6.45, 7) is 0.490. The first kappa shape index (κ1) is 8.42. The molecule has 72 valence electrons. The van der Waals surface area contributed by atoms with Gasteiger partial charge in [0, 0.05) is 6.20 Å². The van der Waals surface area contributed by atoms with Crippen LogP contribution in [0.4, 0.5) is 11.8 Å². The molecule has 4 N–H and O–H groups in total. The van der Waals surface area contributed by atoms with Gasteiger partial charge in [-0.15, -0.1) is 0 Å². The second-order valence-corrected chi connectivity index (χ2v) is 2.59. The van der Waals surface area contributed by atoms with Crippen LogP contribution < -0.4 is 11.1 Å². The van der Waals surface area contributed by atoms with Crippen molar-refractivity contribution in [2.75, 3.05) is 11.1 Å². The van der Waals surface area contributed by atoms with Crippen molar-refractivity contribution >= 4 is 11.8 Å². The van der Waals surface area contributed by atoms with Crippen LogP contribution in [-0.4, -0.2) is 25.1 Å². The quantitative estimate of drug-likeness (QED) is 0.619. The largest absolute Gasteiger partial charge is 0.384 e. The van der Waals surface area contributed by atoms with Crippen LogP contribution >= 0.6 is 0 Å². The first-order valence-corrected chi connectivity index (χ1v) is 4.01. The average Bonchev–Trinajstić information content (AvgIpc) is 2.67. The summed E-state index contributed by atoms with van der Waals surface area (Å²) in [6, 6.07) is 1.62. The van der Waals surface area contributed by atoms with Crippen molar-refractivity contribution < 1.29 is 0 Å². The number of nitrogens with zero attached hydrogens (tertiary/aromatic N) is 4. The minimum absolute atomic E-state index is 0.431. The van der Waals surface area contributed by atoms with Gasteiger partial charge in [0.1, 0.15) is 18.0 Å². The first-order valence-electron chi connectivity index (χ1n) is 4.01. The molecular weight excluding hydrogens is 182 g/mol. The molecule has 0 radical (unpaired) electrons. The average molecular weight is 191 g/mol. The first-order chi connectivity index (χ1) is 6.84. The number of rotatable bonds is 3. The number of nitrogens with two attached hydrogens (primary N) is 1. The fraction of sp³-hybridized carbons (Fsp3) is 0.143. The maximum Gasteiger partial charge on any atom is 0.224 e. The molecule has 2 aromatic rings. The van der Waals surface area contributed by atoms with Crippen LogP contribution in [0.25, 0.3) is 0 Å². The highest BCUT2D eigenvalue weighted by Crippen LogP contribution is 2.01. The molecule has 0 fully saturated rings. The molecule has 7 heteroatoms. The fourth-order valence-corrected chi connectivity index (χ4v) is 0.937. The molecule has 0 aliphatic rings. The van der Waals surface area contributed by atoms with E-state index in [1.54, 1.807) is 12.3 Å². The van der Waals surface area contributed by atoms with E-state index in [0.717, 1.165) is 5.82 Å². The van der Waals surface area contributed by atoms with E-state index in [1.807, 2.05) is 0 Å². The molecule has 0 bridgehead atoms. The maximum absolute atomic E-state index is 5.48. The molecule has 0 saturated carbocycles. The van der Waals surface area contributed by atoms with E-state index in [-0.39, 0.29) is 0 Å². The predicted octanol–water partition coefficient (Wildman–Crippen LogP) is -0.211. The molecule has 2 heterocycles. The van der Waals surface area contributed by atoms with Gasteiger partial charge in [-0.3, -0.25) is 5.10 Å². The van der Waals surface area contributed by atoms with E-state index in [9.17, 15) is 0 Å². The predicted molar refractivity (Wildman–Crippen MR) is 50.2 cm³/mol. The molecule has 0 amide bonds. The molecule has 0 spiro atoms. The standard InChI is InChI=1S/C7H9N7/c8-5-1-2-9-7(13-5)10-3-6-11-4-12-14-6/h1-2,4H,3H2,(H,11,12,14)(H3,8,9,10,13). The van der Waals surface area contributed by atoms with E-state index >= 15 is 0 Å². The zero-order valence-corrected chi connectivity index (χ0v) is 7.31. The molecule has 0 unspecified atom stereocenters. The highest BCUT2D eigenvalue weighted by molar-refractivity contribution is 5.34. The van der Waals surface area contributed by atoms with Crippen molar-refractivity contribution in [2.45, 2.75) is 6.54 Å². The Morgan fingerprint density at radius 2 is 2.36 bits per heavy atom. The van der Waals surface area contributed by atoms with Gasteiger partial charge in [0.25, 0.3) is 0 Å². The summed E-state index contributed by atoms with van der Waals surface area (Å²) >= 11 is 0. The number of anilines is 2. The van der Waals surface area contributed by atoms with Crippen LogP contribution in [0.2, 0.25) is 0 Å². The van der Waals surface area contributed by atoms with E-state index < -0.39 is 0 Å². The summed E-state index contributed by atoms with van der Waals surface area (Å²) in [6.07, 6.45) is 3.03. The third-order valence-electron chi connectivity index (χ3n) is 1.56. The van der Waals surface area contributed by atoms with Crippen molar-refractivity contribution in [1.29, 1.82) is 0 Å². The SMILES string of the molecule is Nc1ccnc(NCc2ncn[nH]2)n1. The van der Waals surface area contributed by atoms with Crippen molar-refractivity contribution in [2.24, 2.45) is 0 Å². The number of aromatic nitrogens is 5. The minimum Gasteiger partial charge on any atom is -0.384 e. The smallest absolute Gasteiger partial charge is 0.224 e. The van der Waals surface area contributed by atoms with Gasteiger partial charge in [-0.1, -0.05) is 0 Å². The molecule has 7 nitrogen and oxygen atoms in total. The van der Waals surface area contributed by atoms with Crippen LogP contribution in [0.15, 0.2) is 18.6 Å². The molecule has 14 heavy (non-hydrogen) atoms. The molecule has 0 atom stereocenters. The summed E-state index contributed by atoms with van der Waals surface area (Å²) in [5.74, 6) is 1.62. The van der Waals surface area contributed by atoms with Gasteiger partial charge in [0.15, 0.2) is 0 Å². The second-order valence-electron chi connectivity index (χ2n) is 2.59. The molecule has 0 aromatic carbocycles. The summed E-state index contributed by atoms with van der Waals surface area (Å²) in [5.41, 5.74) is 5.48. The van der Waals surface area contributed by atoms with E-state index in [1.165, 1.54) is 6.33 Å². The van der Waals surface area contributed by atoms with Gasteiger partial charge < -0.3 is 11.1 Å². The molecular formula is C7H9N7. The Bertz CT molecular complexity index is 396. The zero-order valence-electron chi connectivity index (χ0n) is 7.31. The highest BCUT2D eigenvalue weighted by atomic mass is 15.2. The maximum atomic E-state index is 5.48. The normalized spacial score (nSPS) is 10.0. The lowest BCUT2D eigenvalue weighted by Gasteiger charge is -2.01. The van der Waals surface area contributed by atoms with Crippen molar-refractivity contribution in [3.05, 3.63) is 24.4 Å². The van der Waals surface area contributed by atoms with E-state index in [0.29, 0.717) is 18.3 Å². The van der Waals surface area contributed by atoms with Crippen molar-refractivity contribution in [1.82, 2.24) is 25.1 Å². The van der Waals surface area contributed by atoms with Crippen LogP contribution in [0.1, 0.15) is 5.82 Å². The van der Waals surface area contributed by atoms with Gasteiger partial charge in [-0.05, 0) is 6.07 Å². The number of aromatic amines is 1. The Labute approximate surface area is 79.8 Å². The number of H-pyrrole nitrogens is 1. The lowest BCUT2D eigenvalue weighted by Crippen LogP contribution is -2.05. The van der Waals surface area contributed by atoms with E-state index in [2.05, 4.69) is 30.5 Å². The molecule has 2 rings (SSSR count). The van der Waals surface area contributed by atoms with Gasteiger partial charge >= 0.3 is 0 Å². The van der Waals surface area contributed by atoms with Crippen LogP contribution in [0, 0.1) is 0 Å². The van der Waals surface area contributed by atoms with E-state index in [4.69, 9.17) is 5.73 Å². The minimum atomic E-state index is 0.431. The van der Waals surface area contributed by atoms with Crippen LogP contribution in [-0.2, 0) is 6.54 Å². The Balaban J connectivity index is 1.98. The summed E-state index contributed by atoms with van der Waals surface area (Å²) in [4.78, 5) is 11.9. The monoisotopic (exact) mass is 191 g/mol. The van der Waals surface area contributed by atoms with Crippen LogP contribution in [0.3, 0.4) is 0 Å². The molecule has 2 aromatic heterocycles. The third-order valence-corrected chi connectivity index (χ3v) is 1.56. The Hall–Kier alpha value is -2.18. The zero-order chi connectivity index (χ0) is 9.80. The Morgan fingerprint density at radius 1 is 1.43 bits per heavy atom. The number of nitrogens with one attached hydrogen (secondary N) is 2. The summed E-state index contributed by atoms with van der Waals surface area (Å²) in [5, 5.41) is 9.37. The summed E-state index contributed by atoms with van der Waals surface area (Å²) < 4.78 is 0. The number of hydrogen-bond donors (Lipinski definition) is 3. The highest BCUT2D eigenvalue weighted by Gasteiger charge is 1.98. The van der Waals surface area contributed by atoms with Gasteiger partial charge in [-0.25, -0.2) is 9.97 Å². The van der Waals surface area contributed by atoms with Gasteiger partial charge in [0.05, 0.1) is 6.54 Å². The van der Waals surface area contributed by atoms with Crippen molar-refractivity contribution in [3.63, 3.8) is 0 Å². The topological polar surface area (TPSA) is 105 Å². The second kappa shape index (κ2) is 3.69. The molecule has 0 aliphatic carbocycles. The van der Waals surface area contributed by atoms with Gasteiger partial charge in [0.2, 0.25) is 5.95 Å². The Morgan fingerprint density at radius 3 is 3.07 bits per heavy atom. The molecule has 0 aliphatic heterocycles. The lowest BCUT2D eigenvalue weighted by atomic mass is 10.6. The number of hydrogen-bond acceptors (Lipinski definition) is 6. The van der Waals surface area contributed by atoms with Crippen LogP contribution in [0.5, 0.6) is 0 Å². The van der Waals surface area contributed by atoms with Gasteiger partial charge in [-0.2, -0.15) is 10.1 Å². The number of nitrogen functional groups attached to an aromatic ring is 1. The third kappa shape index (κ3) is 1.94. The lowest BCUT2D eigenvalue weighted by molar-refractivity contribution is 0.936. The van der Waals surface area contributed by atoms with Crippen molar-refractivity contribution in [3.8, 4) is 0 Å². The summed E-state index contributed by atoms with van der Waals surface area (Å²) in [7, 11) is 0. The Kier molecular flexibility index (Phi) is 2.22. The fourth-order valence-electron chi connectivity index (χ4n) is 0.937. The molecule has 0 saturated heterocycles.